The molecule has 0 radical (unpaired) electrons. The van der Waals surface area contributed by atoms with Crippen molar-refractivity contribution >= 4 is 22.6 Å². The molecule has 1 saturated heterocycles. The maximum Gasteiger partial charge on any atom is 0.0775 e. The molecule has 0 bridgehead atoms. The predicted molar refractivity (Wildman–Crippen MR) is 74.2 cm³/mol. The highest BCUT2D eigenvalue weighted by atomic mass is 127. The smallest absolute Gasteiger partial charge is 0.0775 e. The van der Waals surface area contributed by atoms with E-state index < -0.39 is 0 Å². The van der Waals surface area contributed by atoms with Gasteiger partial charge in [-0.05, 0) is 44.4 Å². The standard InChI is InChI=1S/C13H23IO2/c1-11-2-6-13(10-14,7-3-11)16-12-4-8-15-9-5-12/h11-12H,2-10H2,1H3. The van der Waals surface area contributed by atoms with Crippen LogP contribution in [0.1, 0.15) is 45.4 Å². The van der Waals surface area contributed by atoms with Crippen LogP contribution in [-0.2, 0) is 9.47 Å². The van der Waals surface area contributed by atoms with E-state index in [9.17, 15) is 0 Å². The molecular formula is C13H23IO2. The first-order valence-electron chi connectivity index (χ1n) is 6.56. The summed E-state index contributed by atoms with van der Waals surface area (Å²) in [7, 11) is 0. The molecule has 94 valence electrons. The van der Waals surface area contributed by atoms with Crippen LogP contribution in [0.4, 0.5) is 0 Å². The second kappa shape index (κ2) is 6.01. The highest BCUT2D eigenvalue weighted by Crippen LogP contribution is 2.38. The average Bonchev–Trinajstić information content (AvgIpc) is 2.34. The molecule has 1 heterocycles. The van der Waals surface area contributed by atoms with Crippen molar-refractivity contribution in [3.05, 3.63) is 0 Å². The minimum atomic E-state index is 0.190. The van der Waals surface area contributed by atoms with Crippen LogP contribution >= 0.6 is 22.6 Å². The van der Waals surface area contributed by atoms with E-state index in [2.05, 4.69) is 29.5 Å². The minimum Gasteiger partial charge on any atom is -0.381 e. The Hall–Kier alpha value is 0.650. The monoisotopic (exact) mass is 338 g/mol. The van der Waals surface area contributed by atoms with Crippen LogP contribution in [0.2, 0.25) is 0 Å². The largest absolute Gasteiger partial charge is 0.381 e. The Balaban J connectivity index is 1.88. The zero-order valence-corrected chi connectivity index (χ0v) is 12.4. The van der Waals surface area contributed by atoms with Gasteiger partial charge in [0.15, 0.2) is 0 Å². The van der Waals surface area contributed by atoms with Gasteiger partial charge in [0.1, 0.15) is 0 Å². The lowest BCUT2D eigenvalue weighted by Crippen LogP contribution is -2.43. The summed E-state index contributed by atoms with van der Waals surface area (Å²) in [5.41, 5.74) is 0.190. The predicted octanol–water partition coefficient (Wildman–Crippen LogP) is 3.57. The Morgan fingerprint density at radius 3 is 2.38 bits per heavy atom. The van der Waals surface area contributed by atoms with E-state index >= 15 is 0 Å². The lowest BCUT2D eigenvalue weighted by Gasteiger charge is -2.41. The maximum atomic E-state index is 6.43. The lowest BCUT2D eigenvalue weighted by atomic mass is 9.80. The Labute approximate surface area is 113 Å². The van der Waals surface area contributed by atoms with Gasteiger partial charge in [0, 0.05) is 17.6 Å². The Bertz CT molecular complexity index is 206. The van der Waals surface area contributed by atoms with Crippen molar-refractivity contribution < 1.29 is 9.47 Å². The first-order valence-corrected chi connectivity index (χ1v) is 8.08. The fourth-order valence-electron chi connectivity index (χ4n) is 2.72. The molecule has 2 aliphatic rings. The second-order valence-corrected chi connectivity index (χ2v) is 6.19. The first-order chi connectivity index (χ1) is 7.74. The van der Waals surface area contributed by atoms with E-state index in [0.717, 1.165) is 36.4 Å². The van der Waals surface area contributed by atoms with Gasteiger partial charge >= 0.3 is 0 Å². The van der Waals surface area contributed by atoms with Crippen LogP contribution in [0.15, 0.2) is 0 Å². The summed E-state index contributed by atoms with van der Waals surface area (Å²) in [6.45, 7) is 4.14. The van der Waals surface area contributed by atoms with Gasteiger partial charge in [-0.1, -0.05) is 29.5 Å². The number of ether oxygens (including phenoxy) is 2. The third kappa shape index (κ3) is 3.33. The third-order valence-corrected chi connectivity index (χ3v) is 5.40. The van der Waals surface area contributed by atoms with E-state index in [1.807, 2.05) is 0 Å². The van der Waals surface area contributed by atoms with Gasteiger partial charge in [0.05, 0.1) is 11.7 Å². The van der Waals surface area contributed by atoms with Crippen molar-refractivity contribution in [3.8, 4) is 0 Å². The van der Waals surface area contributed by atoms with Crippen molar-refractivity contribution in [2.45, 2.75) is 57.2 Å². The summed E-state index contributed by atoms with van der Waals surface area (Å²) < 4.78 is 13.0. The molecule has 2 nitrogen and oxygen atoms in total. The average molecular weight is 338 g/mol. The maximum absolute atomic E-state index is 6.43. The van der Waals surface area contributed by atoms with Crippen LogP contribution in [0.5, 0.6) is 0 Å². The van der Waals surface area contributed by atoms with Crippen molar-refractivity contribution in [1.82, 2.24) is 0 Å². The summed E-state index contributed by atoms with van der Waals surface area (Å²) in [6.07, 6.45) is 7.83. The summed E-state index contributed by atoms with van der Waals surface area (Å²) in [5.74, 6) is 0.898. The molecule has 0 aromatic carbocycles. The van der Waals surface area contributed by atoms with Gasteiger partial charge in [0.25, 0.3) is 0 Å². The van der Waals surface area contributed by atoms with Gasteiger partial charge in [-0.25, -0.2) is 0 Å². The van der Waals surface area contributed by atoms with Crippen molar-refractivity contribution in [1.29, 1.82) is 0 Å². The van der Waals surface area contributed by atoms with Gasteiger partial charge < -0.3 is 9.47 Å². The van der Waals surface area contributed by atoms with Gasteiger partial charge in [-0.3, -0.25) is 0 Å². The molecule has 2 fully saturated rings. The first kappa shape index (κ1) is 13.1. The molecule has 1 aliphatic heterocycles. The molecule has 0 atom stereocenters. The van der Waals surface area contributed by atoms with Crippen LogP contribution in [0, 0.1) is 5.92 Å². The molecule has 0 N–H and O–H groups in total. The van der Waals surface area contributed by atoms with Crippen molar-refractivity contribution in [2.75, 3.05) is 17.6 Å². The van der Waals surface area contributed by atoms with Gasteiger partial charge in [0.2, 0.25) is 0 Å². The summed E-state index contributed by atoms with van der Waals surface area (Å²) in [6, 6.07) is 0. The normalized spacial score (nSPS) is 37.5. The number of rotatable bonds is 3. The zero-order chi connectivity index (χ0) is 11.4. The molecule has 1 aliphatic carbocycles. The Morgan fingerprint density at radius 1 is 1.19 bits per heavy atom. The van der Waals surface area contributed by atoms with E-state index in [1.165, 1.54) is 25.7 Å². The van der Waals surface area contributed by atoms with Crippen molar-refractivity contribution in [3.63, 3.8) is 0 Å². The molecule has 16 heavy (non-hydrogen) atoms. The van der Waals surface area contributed by atoms with E-state index in [4.69, 9.17) is 9.47 Å². The molecule has 0 unspecified atom stereocenters. The van der Waals surface area contributed by atoms with E-state index in [1.54, 1.807) is 0 Å². The second-order valence-electron chi connectivity index (χ2n) is 5.43. The molecule has 0 spiro atoms. The van der Waals surface area contributed by atoms with Gasteiger partial charge in [-0.2, -0.15) is 0 Å². The summed E-state index contributed by atoms with van der Waals surface area (Å²) in [4.78, 5) is 0. The van der Waals surface area contributed by atoms with Gasteiger partial charge in [-0.15, -0.1) is 0 Å². The SMILES string of the molecule is CC1CCC(CI)(OC2CCOCC2)CC1. The minimum absolute atomic E-state index is 0.190. The molecule has 3 heteroatoms. The molecular weight excluding hydrogens is 315 g/mol. The summed E-state index contributed by atoms with van der Waals surface area (Å²) >= 11 is 2.51. The highest BCUT2D eigenvalue weighted by Gasteiger charge is 2.36. The number of hydrogen-bond acceptors (Lipinski definition) is 2. The Morgan fingerprint density at radius 2 is 1.81 bits per heavy atom. The number of hydrogen-bond donors (Lipinski definition) is 0. The highest BCUT2D eigenvalue weighted by molar-refractivity contribution is 14.1. The fourth-order valence-corrected chi connectivity index (χ4v) is 3.66. The topological polar surface area (TPSA) is 18.5 Å². The third-order valence-electron chi connectivity index (χ3n) is 4.01. The van der Waals surface area contributed by atoms with Crippen LogP contribution < -0.4 is 0 Å². The van der Waals surface area contributed by atoms with E-state index in [0.29, 0.717) is 6.10 Å². The number of halogens is 1. The number of alkyl halides is 1. The molecule has 1 saturated carbocycles. The molecule has 0 aromatic heterocycles. The van der Waals surface area contributed by atoms with Crippen molar-refractivity contribution in [2.24, 2.45) is 5.92 Å². The summed E-state index contributed by atoms with van der Waals surface area (Å²) in [5, 5.41) is 0. The van der Waals surface area contributed by atoms with Crippen LogP contribution in [0.25, 0.3) is 0 Å². The molecule has 0 aromatic rings. The molecule has 2 rings (SSSR count). The quantitative estimate of drug-likeness (QED) is 0.579. The Kier molecular flexibility index (Phi) is 4.91. The fraction of sp³-hybridized carbons (Fsp3) is 1.00. The van der Waals surface area contributed by atoms with E-state index in [-0.39, 0.29) is 5.60 Å². The lowest BCUT2D eigenvalue weighted by molar-refractivity contribution is -0.131. The molecule has 0 amide bonds. The van der Waals surface area contributed by atoms with Crippen LogP contribution in [0.3, 0.4) is 0 Å². The van der Waals surface area contributed by atoms with Crippen LogP contribution in [-0.4, -0.2) is 29.3 Å². The zero-order valence-electron chi connectivity index (χ0n) is 10.2.